The van der Waals surface area contributed by atoms with Gasteiger partial charge in [0.05, 0.1) is 4.90 Å². The highest BCUT2D eigenvalue weighted by Crippen LogP contribution is 2.21. The summed E-state index contributed by atoms with van der Waals surface area (Å²) in [6, 6.07) is 4.96. The van der Waals surface area contributed by atoms with Gasteiger partial charge in [-0.2, -0.15) is 4.31 Å². The maximum Gasteiger partial charge on any atom is 0.251 e. The van der Waals surface area contributed by atoms with E-state index in [1.807, 2.05) is 0 Å². The second-order valence-corrected chi connectivity index (χ2v) is 7.64. The van der Waals surface area contributed by atoms with Crippen molar-refractivity contribution in [1.29, 1.82) is 0 Å². The third-order valence-electron chi connectivity index (χ3n) is 4.17. The Hall–Kier alpha value is -1.44. The highest BCUT2D eigenvalue weighted by molar-refractivity contribution is 7.89. The van der Waals surface area contributed by atoms with Crippen LogP contribution < -0.4 is 10.6 Å². The lowest BCUT2D eigenvalue weighted by molar-refractivity contribution is 0.0940. The lowest BCUT2D eigenvalue weighted by Crippen LogP contribution is -2.36. The summed E-state index contributed by atoms with van der Waals surface area (Å²) in [5.74, 6) is -0.227. The molecule has 0 aromatic heterocycles. The zero-order chi connectivity index (χ0) is 17.0. The average Bonchev–Trinajstić information content (AvgIpc) is 3.01. The number of carbonyl (C=O) groups excluding carboxylic acids is 1. The Morgan fingerprint density at radius 1 is 1.35 bits per heavy atom. The van der Waals surface area contributed by atoms with Crippen LogP contribution in [0.2, 0.25) is 0 Å². The van der Waals surface area contributed by atoms with Gasteiger partial charge in [-0.15, -0.1) is 0 Å². The van der Waals surface area contributed by atoms with Crippen molar-refractivity contribution in [2.45, 2.75) is 38.1 Å². The van der Waals surface area contributed by atoms with Crippen molar-refractivity contribution in [3.63, 3.8) is 0 Å². The molecule has 1 amide bonds. The fraction of sp³-hybridized carbons (Fsp3) is 0.562. The van der Waals surface area contributed by atoms with E-state index in [1.165, 1.54) is 10.4 Å². The maximum absolute atomic E-state index is 12.7. The number of sulfonamides is 1. The molecule has 1 aromatic carbocycles. The Bertz CT molecular complexity index is 663. The smallest absolute Gasteiger partial charge is 0.251 e. The van der Waals surface area contributed by atoms with Gasteiger partial charge in [0.25, 0.3) is 5.91 Å². The standard InChI is InChI=1S/C16H25N3O3S/c1-4-19(5-2)23(21,22)15-10-13(7-6-12(15)3)16(20)18-14-8-9-17-11-14/h6-7,10,14,17H,4-5,8-9,11H2,1-3H3,(H,18,20). The van der Waals surface area contributed by atoms with Crippen LogP contribution in [0.25, 0.3) is 0 Å². The lowest BCUT2D eigenvalue weighted by atomic mass is 10.1. The van der Waals surface area contributed by atoms with Gasteiger partial charge in [0.1, 0.15) is 0 Å². The van der Waals surface area contributed by atoms with Gasteiger partial charge in [-0.25, -0.2) is 8.42 Å². The van der Waals surface area contributed by atoms with E-state index >= 15 is 0 Å². The number of hydrogen-bond acceptors (Lipinski definition) is 4. The van der Waals surface area contributed by atoms with Gasteiger partial charge in [-0.1, -0.05) is 19.9 Å². The first kappa shape index (κ1) is 17.9. The molecule has 0 bridgehead atoms. The molecule has 0 spiro atoms. The van der Waals surface area contributed by atoms with E-state index in [1.54, 1.807) is 32.9 Å². The number of nitrogens with one attached hydrogen (secondary N) is 2. The van der Waals surface area contributed by atoms with E-state index in [9.17, 15) is 13.2 Å². The summed E-state index contributed by atoms with van der Waals surface area (Å²) < 4.78 is 26.8. The first-order chi connectivity index (χ1) is 10.9. The molecule has 2 rings (SSSR count). The van der Waals surface area contributed by atoms with E-state index in [0.717, 1.165) is 19.5 Å². The fourth-order valence-electron chi connectivity index (χ4n) is 2.77. The van der Waals surface area contributed by atoms with Crippen LogP contribution in [0.1, 0.15) is 36.2 Å². The third kappa shape index (κ3) is 3.91. The van der Waals surface area contributed by atoms with Gasteiger partial charge in [-0.05, 0) is 37.6 Å². The van der Waals surface area contributed by atoms with Gasteiger partial charge >= 0.3 is 0 Å². The predicted molar refractivity (Wildman–Crippen MR) is 90.0 cm³/mol. The van der Waals surface area contributed by atoms with E-state index in [4.69, 9.17) is 0 Å². The molecule has 1 aliphatic heterocycles. The Kier molecular flexibility index (Phi) is 5.78. The normalized spacial score (nSPS) is 18.3. The van der Waals surface area contributed by atoms with Crippen LogP contribution in [0.15, 0.2) is 23.1 Å². The summed E-state index contributed by atoms with van der Waals surface area (Å²) in [6.07, 6.45) is 0.891. The van der Waals surface area contributed by atoms with Gasteiger partial charge in [0.15, 0.2) is 0 Å². The number of amides is 1. The van der Waals surface area contributed by atoms with Crippen molar-refractivity contribution >= 4 is 15.9 Å². The Balaban J connectivity index is 2.29. The first-order valence-corrected chi connectivity index (χ1v) is 9.46. The Labute approximate surface area is 138 Å². The summed E-state index contributed by atoms with van der Waals surface area (Å²) in [5.41, 5.74) is 1.03. The molecule has 0 radical (unpaired) electrons. The molecule has 1 atom stereocenters. The molecule has 1 aromatic rings. The van der Waals surface area contributed by atoms with Gasteiger partial charge in [0.2, 0.25) is 10.0 Å². The number of rotatable bonds is 6. The van der Waals surface area contributed by atoms with Gasteiger partial charge in [-0.3, -0.25) is 4.79 Å². The molecule has 23 heavy (non-hydrogen) atoms. The Morgan fingerprint density at radius 3 is 2.61 bits per heavy atom. The van der Waals surface area contributed by atoms with Gasteiger partial charge < -0.3 is 10.6 Å². The maximum atomic E-state index is 12.7. The molecule has 0 saturated carbocycles. The van der Waals surface area contributed by atoms with Crippen LogP contribution >= 0.6 is 0 Å². The SMILES string of the molecule is CCN(CC)S(=O)(=O)c1cc(C(=O)NC2CCNC2)ccc1C. The van der Waals surface area contributed by atoms with E-state index in [-0.39, 0.29) is 16.8 Å². The van der Waals surface area contributed by atoms with Crippen LogP contribution in [0.5, 0.6) is 0 Å². The zero-order valence-corrected chi connectivity index (χ0v) is 14.7. The van der Waals surface area contributed by atoms with Crippen molar-refractivity contribution in [1.82, 2.24) is 14.9 Å². The van der Waals surface area contributed by atoms with Crippen molar-refractivity contribution in [2.75, 3.05) is 26.2 Å². The van der Waals surface area contributed by atoms with Crippen molar-refractivity contribution in [3.05, 3.63) is 29.3 Å². The minimum absolute atomic E-state index is 0.103. The number of hydrogen-bond donors (Lipinski definition) is 2. The second-order valence-electron chi connectivity index (χ2n) is 5.73. The fourth-order valence-corrected chi connectivity index (χ4v) is 4.48. The summed E-state index contributed by atoms with van der Waals surface area (Å²) >= 11 is 0. The summed E-state index contributed by atoms with van der Waals surface area (Å²) in [5, 5.41) is 6.13. The van der Waals surface area contributed by atoms with Crippen molar-refractivity contribution in [2.24, 2.45) is 0 Å². The van der Waals surface area contributed by atoms with Crippen LogP contribution in [-0.4, -0.2) is 50.9 Å². The molecule has 1 heterocycles. The summed E-state index contributed by atoms with van der Waals surface area (Å²) in [7, 11) is -3.57. The van der Waals surface area contributed by atoms with Crippen LogP contribution in [0, 0.1) is 6.92 Å². The lowest BCUT2D eigenvalue weighted by Gasteiger charge is -2.20. The molecular weight excluding hydrogens is 314 g/mol. The van der Waals surface area contributed by atoms with E-state index < -0.39 is 10.0 Å². The summed E-state index contributed by atoms with van der Waals surface area (Å²) in [4.78, 5) is 12.6. The topological polar surface area (TPSA) is 78.5 Å². The largest absolute Gasteiger partial charge is 0.348 e. The minimum atomic E-state index is -3.57. The second kappa shape index (κ2) is 7.42. The number of aryl methyl sites for hydroxylation is 1. The first-order valence-electron chi connectivity index (χ1n) is 8.02. The molecule has 1 saturated heterocycles. The minimum Gasteiger partial charge on any atom is -0.348 e. The highest BCUT2D eigenvalue weighted by Gasteiger charge is 2.25. The number of nitrogens with zero attached hydrogens (tertiary/aromatic N) is 1. The highest BCUT2D eigenvalue weighted by atomic mass is 32.2. The van der Waals surface area contributed by atoms with Crippen molar-refractivity contribution in [3.8, 4) is 0 Å². The average molecular weight is 339 g/mol. The molecule has 6 nitrogen and oxygen atoms in total. The zero-order valence-electron chi connectivity index (χ0n) is 13.9. The van der Waals surface area contributed by atoms with Crippen molar-refractivity contribution < 1.29 is 13.2 Å². The van der Waals surface area contributed by atoms with Crippen LogP contribution in [-0.2, 0) is 10.0 Å². The Morgan fingerprint density at radius 2 is 2.04 bits per heavy atom. The van der Waals surface area contributed by atoms with E-state index in [2.05, 4.69) is 10.6 Å². The molecule has 0 aliphatic carbocycles. The van der Waals surface area contributed by atoms with Crippen LogP contribution in [0.3, 0.4) is 0 Å². The molecule has 7 heteroatoms. The number of carbonyl (C=O) groups is 1. The third-order valence-corrected chi connectivity index (χ3v) is 6.36. The summed E-state index contributed by atoms with van der Waals surface area (Å²) in [6.45, 7) is 7.81. The van der Waals surface area contributed by atoms with E-state index in [0.29, 0.717) is 24.2 Å². The molecule has 128 valence electrons. The predicted octanol–water partition coefficient (Wildman–Crippen LogP) is 1.12. The monoisotopic (exact) mass is 339 g/mol. The molecule has 1 unspecified atom stereocenters. The molecule has 1 fully saturated rings. The molecule has 1 aliphatic rings. The van der Waals surface area contributed by atoms with Crippen LogP contribution in [0.4, 0.5) is 0 Å². The number of benzene rings is 1. The molecular formula is C16H25N3O3S. The molecule has 2 N–H and O–H groups in total. The van der Waals surface area contributed by atoms with Gasteiger partial charge in [0, 0.05) is 31.2 Å². The quantitative estimate of drug-likeness (QED) is 0.814.